The van der Waals surface area contributed by atoms with Crippen LogP contribution in [-0.2, 0) is 9.53 Å². The van der Waals surface area contributed by atoms with Gasteiger partial charge in [-0.2, -0.15) is 0 Å². The van der Waals surface area contributed by atoms with Gasteiger partial charge in [-0.3, -0.25) is 0 Å². The number of carbonyl (C=O) groups excluding carboxylic acids is 1. The van der Waals surface area contributed by atoms with Crippen LogP contribution in [0.2, 0.25) is 0 Å². The van der Waals surface area contributed by atoms with E-state index >= 15 is 0 Å². The highest BCUT2D eigenvalue weighted by atomic mass is 16.6. The lowest BCUT2D eigenvalue weighted by atomic mass is 9.86. The van der Waals surface area contributed by atoms with Crippen molar-refractivity contribution in [2.45, 2.75) is 43.4 Å². The lowest BCUT2D eigenvalue weighted by molar-refractivity contribution is -0.167. The number of benzene rings is 1. The number of carbonyl (C=O) groups is 2. The number of esters is 1. The third-order valence-corrected chi connectivity index (χ3v) is 5.69. The molecule has 0 saturated carbocycles. The first-order chi connectivity index (χ1) is 12.8. The number of fused-ring (bicyclic) bond motifs is 2. The van der Waals surface area contributed by atoms with Gasteiger partial charge in [0.15, 0.2) is 11.5 Å². The first-order valence-electron chi connectivity index (χ1n) is 8.84. The summed E-state index contributed by atoms with van der Waals surface area (Å²) in [5, 5.41) is 9.85. The molecule has 1 aromatic rings. The minimum Gasteiger partial charge on any atom is -0.493 e. The van der Waals surface area contributed by atoms with E-state index < -0.39 is 17.5 Å². The molecule has 3 rings (SSSR count). The van der Waals surface area contributed by atoms with Crippen LogP contribution in [0.15, 0.2) is 12.1 Å². The lowest BCUT2D eigenvalue weighted by Crippen LogP contribution is -2.55. The number of carboxylic acid groups (broad SMARTS) is 1. The molecule has 2 bridgehead atoms. The van der Waals surface area contributed by atoms with Crippen LogP contribution in [-0.4, -0.2) is 68.0 Å². The summed E-state index contributed by atoms with van der Waals surface area (Å²) in [6.07, 6.45) is 2.40. The Kier molecular flexibility index (Phi) is 5.19. The van der Waals surface area contributed by atoms with Gasteiger partial charge in [0.25, 0.3) is 0 Å². The van der Waals surface area contributed by atoms with Crippen molar-refractivity contribution in [1.29, 1.82) is 0 Å². The van der Waals surface area contributed by atoms with Gasteiger partial charge in [0.05, 0.1) is 26.9 Å². The number of aliphatic carboxylic acids is 1. The van der Waals surface area contributed by atoms with Crippen LogP contribution in [0.4, 0.5) is 0 Å². The molecular formula is C19H25NO7. The molecule has 0 aromatic heterocycles. The van der Waals surface area contributed by atoms with E-state index in [0.717, 1.165) is 12.8 Å². The summed E-state index contributed by atoms with van der Waals surface area (Å²) in [6, 6.07) is 3.13. The number of rotatable bonds is 6. The van der Waals surface area contributed by atoms with E-state index in [1.807, 2.05) is 7.05 Å². The van der Waals surface area contributed by atoms with E-state index in [9.17, 15) is 14.7 Å². The van der Waals surface area contributed by atoms with Gasteiger partial charge in [0.2, 0.25) is 11.4 Å². The molecule has 27 heavy (non-hydrogen) atoms. The molecule has 1 N–H and O–H groups in total. The fraction of sp³-hybridized carbons (Fsp3) is 0.579. The first kappa shape index (κ1) is 19.3. The maximum absolute atomic E-state index is 12.8. The Morgan fingerprint density at radius 2 is 1.56 bits per heavy atom. The summed E-state index contributed by atoms with van der Waals surface area (Å²) < 4.78 is 21.4. The predicted molar refractivity (Wildman–Crippen MR) is 95.7 cm³/mol. The van der Waals surface area contributed by atoms with Crippen LogP contribution in [0.5, 0.6) is 17.2 Å². The Bertz CT molecular complexity index is 709. The van der Waals surface area contributed by atoms with Crippen molar-refractivity contribution in [3.05, 3.63) is 17.7 Å². The molecule has 2 saturated heterocycles. The second-order valence-corrected chi connectivity index (χ2v) is 7.06. The standard InChI is InChI=1S/C19H25NO7/c1-20-12-5-6-13(20)10-19(9-12,18(22)23)27-17(21)11-7-14(24-2)16(26-4)15(8-11)25-3/h7-8,12-13H,5-6,9-10H2,1-4H3,(H,22,23)/t12-,13+,19?. The summed E-state index contributed by atoms with van der Waals surface area (Å²) in [4.78, 5) is 27.1. The van der Waals surface area contributed by atoms with Gasteiger partial charge in [-0.25, -0.2) is 9.59 Å². The fourth-order valence-electron chi connectivity index (χ4n) is 4.16. The maximum Gasteiger partial charge on any atom is 0.348 e. The highest BCUT2D eigenvalue weighted by Crippen LogP contribution is 2.43. The molecule has 2 fully saturated rings. The number of nitrogens with zero attached hydrogens (tertiary/aromatic N) is 1. The quantitative estimate of drug-likeness (QED) is 0.750. The molecule has 148 valence electrons. The van der Waals surface area contributed by atoms with E-state index in [2.05, 4.69) is 4.90 Å². The van der Waals surface area contributed by atoms with E-state index in [1.54, 1.807) is 0 Å². The number of hydrogen-bond acceptors (Lipinski definition) is 7. The second-order valence-electron chi connectivity index (χ2n) is 7.06. The molecule has 8 heteroatoms. The molecule has 2 heterocycles. The van der Waals surface area contributed by atoms with Gasteiger partial charge in [-0.15, -0.1) is 0 Å². The number of ether oxygens (including phenoxy) is 4. The third-order valence-electron chi connectivity index (χ3n) is 5.69. The number of methoxy groups -OCH3 is 3. The minimum atomic E-state index is -1.52. The molecule has 8 nitrogen and oxygen atoms in total. The fourth-order valence-corrected chi connectivity index (χ4v) is 4.16. The molecule has 1 aromatic carbocycles. The van der Waals surface area contributed by atoms with E-state index in [0.29, 0.717) is 17.2 Å². The monoisotopic (exact) mass is 379 g/mol. The summed E-state index contributed by atoms with van der Waals surface area (Å²) in [5.41, 5.74) is -1.37. The zero-order valence-corrected chi connectivity index (χ0v) is 16.0. The van der Waals surface area contributed by atoms with Crippen molar-refractivity contribution in [3.8, 4) is 17.2 Å². The zero-order chi connectivity index (χ0) is 19.8. The van der Waals surface area contributed by atoms with Crippen molar-refractivity contribution in [2.24, 2.45) is 0 Å². The number of carboxylic acids is 1. The topological polar surface area (TPSA) is 94.5 Å². The van der Waals surface area contributed by atoms with Crippen molar-refractivity contribution in [3.63, 3.8) is 0 Å². The number of piperidine rings is 1. The van der Waals surface area contributed by atoms with Crippen LogP contribution in [0.1, 0.15) is 36.0 Å². The van der Waals surface area contributed by atoms with Gasteiger partial charge >= 0.3 is 11.9 Å². The summed E-state index contributed by atoms with van der Waals surface area (Å²) >= 11 is 0. The lowest BCUT2D eigenvalue weighted by Gasteiger charge is -2.41. The van der Waals surface area contributed by atoms with E-state index in [-0.39, 0.29) is 30.5 Å². The highest BCUT2D eigenvalue weighted by Gasteiger charge is 2.54. The van der Waals surface area contributed by atoms with E-state index in [1.165, 1.54) is 33.5 Å². The summed E-state index contributed by atoms with van der Waals surface area (Å²) in [5.74, 6) is -0.871. The van der Waals surface area contributed by atoms with Crippen LogP contribution in [0.3, 0.4) is 0 Å². The Morgan fingerprint density at radius 3 is 1.96 bits per heavy atom. The van der Waals surface area contributed by atoms with Crippen molar-refractivity contribution >= 4 is 11.9 Å². The molecule has 2 aliphatic heterocycles. The third kappa shape index (κ3) is 3.29. The van der Waals surface area contributed by atoms with Gasteiger partial charge in [-0.05, 0) is 32.0 Å². The Balaban J connectivity index is 1.90. The van der Waals surface area contributed by atoms with Gasteiger partial charge in [0.1, 0.15) is 0 Å². The van der Waals surface area contributed by atoms with Gasteiger partial charge in [0, 0.05) is 24.9 Å². The summed E-state index contributed by atoms with van der Waals surface area (Å²) in [6.45, 7) is 0. The molecule has 3 atom stereocenters. The van der Waals surface area contributed by atoms with Crippen LogP contribution in [0.25, 0.3) is 0 Å². The zero-order valence-electron chi connectivity index (χ0n) is 16.0. The Hall–Kier alpha value is -2.48. The second kappa shape index (κ2) is 7.26. The van der Waals surface area contributed by atoms with Crippen molar-refractivity contribution in [2.75, 3.05) is 28.4 Å². The Morgan fingerprint density at radius 1 is 1.04 bits per heavy atom. The predicted octanol–water partition coefficient (Wildman–Crippen LogP) is 1.95. The van der Waals surface area contributed by atoms with Gasteiger partial charge in [-0.1, -0.05) is 0 Å². The highest BCUT2D eigenvalue weighted by molar-refractivity contribution is 5.94. The van der Waals surface area contributed by atoms with Crippen LogP contribution in [0, 0.1) is 0 Å². The largest absolute Gasteiger partial charge is 0.493 e. The molecule has 0 amide bonds. The van der Waals surface area contributed by atoms with Gasteiger partial charge < -0.3 is 29.0 Å². The molecule has 0 radical (unpaired) electrons. The molecule has 0 spiro atoms. The molecule has 2 aliphatic rings. The number of hydrogen-bond donors (Lipinski definition) is 1. The van der Waals surface area contributed by atoms with Crippen molar-refractivity contribution < 1.29 is 33.6 Å². The smallest absolute Gasteiger partial charge is 0.348 e. The van der Waals surface area contributed by atoms with E-state index in [4.69, 9.17) is 18.9 Å². The van der Waals surface area contributed by atoms with Crippen LogP contribution >= 0.6 is 0 Å². The van der Waals surface area contributed by atoms with Crippen LogP contribution < -0.4 is 14.2 Å². The molecule has 0 aliphatic carbocycles. The average molecular weight is 379 g/mol. The summed E-state index contributed by atoms with van der Waals surface area (Å²) in [7, 11) is 6.35. The Labute approximate surface area is 157 Å². The van der Waals surface area contributed by atoms with Crippen molar-refractivity contribution in [1.82, 2.24) is 4.90 Å². The first-order valence-corrected chi connectivity index (χ1v) is 8.84. The minimum absolute atomic E-state index is 0.104. The maximum atomic E-state index is 12.8. The molecular weight excluding hydrogens is 354 g/mol. The average Bonchev–Trinajstić information content (AvgIpc) is 2.87. The normalized spacial score (nSPS) is 27.1. The SMILES string of the molecule is COc1cc(C(=O)OC2(C(=O)O)C[C@H]3CC[C@@H](C2)N3C)cc(OC)c1OC. The molecule has 1 unspecified atom stereocenters.